The van der Waals surface area contributed by atoms with E-state index < -0.39 is 0 Å². The molecule has 0 radical (unpaired) electrons. The van der Waals surface area contributed by atoms with E-state index in [1.54, 1.807) is 11.0 Å². The minimum absolute atomic E-state index is 0.0394. The standard InChI is InChI=1S/C14H14ClNOS2/c1-14(2,3)16-12(17)11(19-13(16)18)8-9-5-4-6-10(15)7-9/h4-8H,1-3H3/b11-8-. The van der Waals surface area contributed by atoms with E-state index in [0.29, 0.717) is 14.2 Å². The lowest BCUT2D eigenvalue weighted by Crippen LogP contribution is -2.44. The molecule has 1 amide bonds. The Morgan fingerprint density at radius 2 is 2.05 bits per heavy atom. The molecule has 19 heavy (non-hydrogen) atoms. The Balaban J connectivity index is 2.34. The summed E-state index contributed by atoms with van der Waals surface area (Å²) in [4.78, 5) is 14.7. The van der Waals surface area contributed by atoms with E-state index in [-0.39, 0.29) is 11.4 Å². The van der Waals surface area contributed by atoms with Gasteiger partial charge in [0.15, 0.2) is 0 Å². The summed E-state index contributed by atoms with van der Waals surface area (Å²) in [6.07, 6.45) is 1.83. The number of amides is 1. The Morgan fingerprint density at radius 1 is 1.37 bits per heavy atom. The number of halogens is 1. The molecule has 1 aliphatic heterocycles. The molecule has 0 N–H and O–H groups in total. The summed E-state index contributed by atoms with van der Waals surface area (Å²) in [6, 6.07) is 7.40. The molecule has 5 heteroatoms. The van der Waals surface area contributed by atoms with Crippen LogP contribution in [0.1, 0.15) is 26.3 Å². The van der Waals surface area contributed by atoms with Gasteiger partial charge in [0.1, 0.15) is 4.32 Å². The maximum atomic E-state index is 12.4. The summed E-state index contributed by atoms with van der Waals surface area (Å²) >= 11 is 12.6. The number of hydrogen-bond donors (Lipinski definition) is 0. The average Bonchev–Trinajstić information content (AvgIpc) is 2.53. The Morgan fingerprint density at radius 3 is 2.58 bits per heavy atom. The molecule has 0 aromatic heterocycles. The third-order valence-corrected chi connectivity index (χ3v) is 4.15. The van der Waals surface area contributed by atoms with Crippen LogP contribution in [-0.4, -0.2) is 20.7 Å². The van der Waals surface area contributed by atoms with Crippen LogP contribution in [0.15, 0.2) is 29.2 Å². The van der Waals surface area contributed by atoms with Gasteiger partial charge >= 0.3 is 0 Å². The molecular weight excluding hydrogens is 298 g/mol. The zero-order valence-electron chi connectivity index (χ0n) is 10.9. The van der Waals surface area contributed by atoms with Crippen molar-refractivity contribution in [3.63, 3.8) is 0 Å². The van der Waals surface area contributed by atoms with Crippen LogP contribution in [0.5, 0.6) is 0 Å². The molecule has 100 valence electrons. The normalized spacial score (nSPS) is 18.5. The summed E-state index contributed by atoms with van der Waals surface area (Å²) in [6.45, 7) is 5.92. The van der Waals surface area contributed by atoms with E-state index in [1.165, 1.54) is 11.8 Å². The highest BCUT2D eigenvalue weighted by Crippen LogP contribution is 2.36. The van der Waals surface area contributed by atoms with Gasteiger partial charge in [0, 0.05) is 10.6 Å². The van der Waals surface area contributed by atoms with Gasteiger partial charge in [-0.1, -0.05) is 47.7 Å². The van der Waals surface area contributed by atoms with Gasteiger partial charge in [-0.2, -0.15) is 0 Å². The smallest absolute Gasteiger partial charge is 0.266 e. The molecule has 1 aromatic rings. The molecule has 2 nitrogen and oxygen atoms in total. The summed E-state index contributed by atoms with van der Waals surface area (Å²) in [5, 5.41) is 0.653. The number of nitrogens with zero attached hydrogens (tertiary/aromatic N) is 1. The Hall–Kier alpha value is -0.840. The maximum absolute atomic E-state index is 12.4. The number of carbonyl (C=O) groups is 1. The van der Waals surface area contributed by atoms with Gasteiger partial charge in [-0.05, 0) is 44.5 Å². The van der Waals surface area contributed by atoms with Crippen LogP contribution in [0.25, 0.3) is 6.08 Å². The second kappa shape index (κ2) is 5.27. The fourth-order valence-electron chi connectivity index (χ4n) is 1.79. The summed E-state index contributed by atoms with van der Waals surface area (Å²) in [5.74, 6) is -0.0394. The zero-order valence-corrected chi connectivity index (χ0v) is 13.3. The van der Waals surface area contributed by atoms with E-state index in [9.17, 15) is 4.79 Å². The van der Waals surface area contributed by atoms with Gasteiger partial charge in [0.05, 0.1) is 4.91 Å². The largest absolute Gasteiger partial charge is 0.288 e. The van der Waals surface area contributed by atoms with Gasteiger partial charge in [-0.15, -0.1) is 0 Å². The van der Waals surface area contributed by atoms with E-state index in [4.69, 9.17) is 23.8 Å². The van der Waals surface area contributed by atoms with Crippen LogP contribution in [0.4, 0.5) is 0 Å². The predicted molar refractivity (Wildman–Crippen MR) is 86.2 cm³/mol. The first-order valence-electron chi connectivity index (χ1n) is 5.83. The average molecular weight is 312 g/mol. The van der Waals surface area contributed by atoms with E-state index in [0.717, 1.165) is 5.56 Å². The molecule has 1 fully saturated rings. The molecule has 0 aliphatic carbocycles. The molecule has 0 saturated carbocycles. The molecule has 1 heterocycles. The molecule has 0 bridgehead atoms. The van der Waals surface area contributed by atoms with Gasteiger partial charge in [0.2, 0.25) is 0 Å². The Labute approximate surface area is 127 Å². The summed E-state index contributed by atoms with van der Waals surface area (Å²) < 4.78 is 0.603. The van der Waals surface area contributed by atoms with Crippen molar-refractivity contribution in [1.82, 2.24) is 4.90 Å². The molecule has 1 saturated heterocycles. The number of hydrogen-bond acceptors (Lipinski definition) is 3. The summed E-state index contributed by atoms with van der Waals surface area (Å²) in [7, 11) is 0. The van der Waals surface area contributed by atoms with Crippen LogP contribution in [-0.2, 0) is 4.79 Å². The highest BCUT2D eigenvalue weighted by molar-refractivity contribution is 8.26. The molecule has 2 rings (SSSR count). The topological polar surface area (TPSA) is 20.3 Å². The Bertz CT molecular complexity index is 575. The summed E-state index contributed by atoms with van der Waals surface area (Å²) in [5.41, 5.74) is 0.604. The molecule has 0 unspecified atom stereocenters. The van der Waals surface area contributed by atoms with Crippen molar-refractivity contribution in [2.24, 2.45) is 0 Å². The molecule has 0 atom stereocenters. The van der Waals surface area contributed by atoms with Crippen LogP contribution in [0.3, 0.4) is 0 Å². The zero-order chi connectivity index (χ0) is 14.2. The van der Waals surface area contributed by atoms with Crippen LogP contribution < -0.4 is 0 Å². The number of carbonyl (C=O) groups excluding carboxylic acids is 1. The predicted octanol–water partition coefficient (Wildman–Crippen LogP) is 4.34. The van der Waals surface area contributed by atoms with E-state index in [2.05, 4.69) is 0 Å². The van der Waals surface area contributed by atoms with Crippen molar-refractivity contribution in [1.29, 1.82) is 0 Å². The first kappa shape index (κ1) is 14.6. The third kappa shape index (κ3) is 3.19. The fraction of sp³-hybridized carbons (Fsp3) is 0.286. The second-order valence-corrected chi connectivity index (χ2v) is 7.36. The molecule has 1 aromatic carbocycles. The van der Waals surface area contributed by atoms with Gasteiger partial charge in [0.25, 0.3) is 5.91 Å². The number of thiocarbonyl (C=S) groups is 1. The quantitative estimate of drug-likeness (QED) is 0.568. The lowest BCUT2D eigenvalue weighted by Gasteiger charge is -2.30. The van der Waals surface area contributed by atoms with Crippen LogP contribution in [0.2, 0.25) is 5.02 Å². The monoisotopic (exact) mass is 311 g/mol. The molecular formula is C14H14ClNOS2. The second-order valence-electron chi connectivity index (χ2n) is 5.24. The Kier molecular flexibility index (Phi) is 4.04. The van der Waals surface area contributed by atoms with Crippen molar-refractivity contribution in [3.05, 3.63) is 39.8 Å². The van der Waals surface area contributed by atoms with E-state index in [1.807, 2.05) is 45.0 Å². The van der Waals surface area contributed by atoms with Gasteiger partial charge < -0.3 is 0 Å². The minimum atomic E-state index is -0.301. The van der Waals surface area contributed by atoms with Crippen molar-refractivity contribution in [3.8, 4) is 0 Å². The fourth-order valence-corrected chi connectivity index (χ4v) is 3.63. The molecule has 1 aliphatic rings. The van der Waals surface area contributed by atoms with Gasteiger partial charge in [-0.25, -0.2) is 0 Å². The van der Waals surface area contributed by atoms with Crippen molar-refractivity contribution < 1.29 is 4.79 Å². The maximum Gasteiger partial charge on any atom is 0.266 e. The van der Waals surface area contributed by atoms with E-state index >= 15 is 0 Å². The number of thioether (sulfide) groups is 1. The van der Waals surface area contributed by atoms with Crippen LogP contribution >= 0.6 is 35.6 Å². The lowest BCUT2D eigenvalue weighted by atomic mass is 10.1. The lowest BCUT2D eigenvalue weighted by molar-refractivity contribution is -0.125. The van der Waals surface area contributed by atoms with Crippen molar-refractivity contribution in [2.45, 2.75) is 26.3 Å². The first-order valence-corrected chi connectivity index (χ1v) is 7.43. The SMILES string of the molecule is CC(C)(C)N1C(=O)/C(=C/c2cccc(Cl)c2)SC1=S. The first-order chi connectivity index (χ1) is 8.79. The van der Waals surface area contributed by atoms with Gasteiger partial charge in [-0.3, -0.25) is 9.69 Å². The van der Waals surface area contributed by atoms with Crippen molar-refractivity contribution >= 4 is 51.9 Å². The highest BCUT2D eigenvalue weighted by Gasteiger charge is 2.38. The third-order valence-electron chi connectivity index (χ3n) is 2.61. The molecule has 0 spiro atoms. The number of rotatable bonds is 1. The highest BCUT2D eigenvalue weighted by atomic mass is 35.5. The number of benzene rings is 1. The van der Waals surface area contributed by atoms with Crippen LogP contribution in [0, 0.1) is 0 Å². The van der Waals surface area contributed by atoms with Crippen molar-refractivity contribution in [2.75, 3.05) is 0 Å². The minimum Gasteiger partial charge on any atom is -0.288 e.